The van der Waals surface area contributed by atoms with E-state index in [1.807, 2.05) is 25.2 Å². The quantitative estimate of drug-likeness (QED) is 0.811. The van der Waals surface area contributed by atoms with Gasteiger partial charge in [0.15, 0.2) is 0 Å². The zero-order valence-electron chi connectivity index (χ0n) is 12.9. The lowest BCUT2D eigenvalue weighted by Gasteiger charge is -2.36. The zero-order valence-corrected chi connectivity index (χ0v) is 13.6. The van der Waals surface area contributed by atoms with Gasteiger partial charge in [-0.2, -0.15) is 0 Å². The summed E-state index contributed by atoms with van der Waals surface area (Å²) in [4.78, 5) is 2.55. The topological polar surface area (TPSA) is 35.5 Å². The molecule has 1 aromatic carbocycles. The number of nitrogens with zero attached hydrogens (tertiary/aromatic N) is 1. The summed E-state index contributed by atoms with van der Waals surface area (Å²) >= 11 is 6.09. The van der Waals surface area contributed by atoms with Crippen LogP contribution >= 0.6 is 11.6 Å². The van der Waals surface area contributed by atoms with Gasteiger partial charge >= 0.3 is 0 Å². The van der Waals surface area contributed by atoms with Crippen LogP contribution in [-0.2, 0) is 0 Å². The van der Waals surface area contributed by atoms with E-state index in [0.717, 1.165) is 31.0 Å². The lowest BCUT2D eigenvalue weighted by molar-refractivity contribution is 0.114. The molecule has 0 aliphatic carbocycles. The minimum Gasteiger partial charge on any atom is -0.396 e. The number of aliphatic hydroxyl groups excluding tert-OH is 1. The second-order valence-electron chi connectivity index (χ2n) is 5.88. The van der Waals surface area contributed by atoms with Gasteiger partial charge in [-0.25, -0.2) is 0 Å². The molecule has 2 rings (SSSR count). The Balaban J connectivity index is 1.92. The summed E-state index contributed by atoms with van der Waals surface area (Å²) in [6, 6.07) is 9.00. The monoisotopic (exact) mass is 310 g/mol. The van der Waals surface area contributed by atoms with Crippen molar-refractivity contribution in [3.8, 4) is 0 Å². The summed E-state index contributed by atoms with van der Waals surface area (Å²) < 4.78 is 0. The van der Waals surface area contributed by atoms with E-state index >= 15 is 0 Å². The van der Waals surface area contributed by atoms with E-state index < -0.39 is 0 Å². The number of aliphatic hydroxyl groups is 1. The molecule has 4 heteroatoms. The predicted octanol–water partition coefficient (Wildman–Crippen LogP) is 3.23. The maximum atomic E-state index is 9.21. The Morgan fingerprint density at radius 2 is 2.29 bits per heavy atom. The Hall–Kier alpha value is -0.610. The molecule has 1 aliphatic rings. The van der Waals surface area contributed by atoms with Gasteiger partial charge in [0.1, 0.15) is 0 Å². The van der Waals surface area contributed by atoms with Crippen LogP contribution in [0.1, 0.15) is 43.7 Å². The fourth-order valence-electron chi connectivity index (χ4n) is 3.33. The number of piperidine rings is 1. The lowest BCUT2D eigenvalue weighted by atomic mass is 9.97. The van der Waals surface area contributed by atoms with Crippen LogP contribution < -0.4 is 5.32 Å². The van der Waals surface area contributed by atoms with Crippen molar-refractivity contribution in [3.05, 3.63) is 34.9 Å². The Labute approximate surface area is 133 Å². The second-order valence-corrected chi connectivity index (χ2v) is 6.32. The molecule has 21 heavy (non-hydrogen) atoms. The molecule has 2 atom stereocenters. The molecule has 1 aliphatic heterocycles. The van der Waals surface area contributed by atoms with Crippen molar-refractivity contribution in [1.29, 1.82) is 0 Å². The number of hydrogen-bond donors (Lipinski definition) is 2. The zero-order chi connectivity index (χ0) is 15.1. The minimum atomic E-state index is 0.297. The third-order valence-electron chi connectivity index (χ3n) is 4.52. The fraction of sp³-hybridized carbons (Fsp3) is 0.647. The maximum absolute atomic E-state index is 9.21. The van der Waals surface area contributed by atoms with Gasteiger partial charge in [0.25, 0.3) is 0 Å². The van der Waals surface area contributed by atoms with E-state index in [2.05, 4.69) is 16.3 Å². The van der Waals surface area contributed by atoms with Gasteiger partial charge < -0.3 is 15.3 Å². The van der Waals surface area contributed by atoms with Crippen LogP contribution in [0.5, 0.6) is 0 Å². The molecule has 1 aromatic rings. The van der Waals surface area contributed by atoms with E-state index in [4.69, 9.17) is 11.6 Å². The molecule has 1 saturated heterocycles. The van der Waals surface area contributed by atoms with E-state index in [-0.39, 0.29) is 0 Å². The SMILES string of the molecule is CNC(CCN1CCCCC1CCO)c1cccc(Cl)c1. The molecule has 0 bridgehead atoms. The fourth-order valence-corrected chi connectivity index (χ4v) is 3.52. The van der Waals surface area contributed by atoms with Gasteiger partial charge in [-0.3, -0.25) is 0 Å². The number of nitrogens with one attached hydrogen (secondary N) is 1. The van der Waals surface area contributed by atoms with Crippen LogP contribution in [0, 0.1) is 0 Å². The molecule has 118 valence electrons. The molecule has 0 amide bonds. The molecule has 0 radical (unpaired) electrons. The van der Waals surface area contributed by atoms with Gasteiger partial charge in [-0.15, -0.1) is 0 Å². The van der Waals surface area contributed by atoms with E-state index in [9.17, 15) is 5.11 Å². The highest BCUT2D eigenvalue weighted by atomic mass is 35.5. The molecule has 2 N–H and O–H groups in total. The van der Waals surface area contributed by atoms with Gasteiger partial charge in [0.2, 0.25) is 0 Å². The van der Waals surface area contributed by atoms with E-state index in [1.165, 1.54) is 24.8 Å². The Morgan fingerprint density at radius 1 is 1.43 bits per heavy atom. The molecule has 1 heterocycles. The molecule has 0 saturated carbocycles. The highest BCUT2D eigenvalue weighted by molar-refractivity contribution is 6.30. The summed E-state index contributed by atoms with van der Waals surface area (Å²) in [5.41, 5.74) is 1.25. The van der Waals surface area contributed by atoms with Crippen LogP contribution in [0.15, 0.2) is 24.3 Å². The summed E-state index contributed by atoms with van der Waals surface area (Å²) in [5.74, 6) is 0. The number of likely N-dealkylation sites (tertiary alicyclic amines) is 1. The molecule has 3 nitrogen and oxygen atoms in total. The van der Waals surface area contributed by atoms with E-state index in [1.54, 1.807) is 0 Å². The van der Waals surface area contributed by atoms with Gasteiger partial charge in [-0.05, 0) is 57.0 Å². The third kappa shape index (κ3) is 4.96. The average Bonchev–Trinajstić information content (AvgIpc) is 2.50. The first-order chi connectivity index (χ1) is 10.2. The lowest BCUT2D eigenvalue weighted by Crippen LogP contribution is -2.41. The van der Waals surface area contributed by atoms with Crippen molar-refractivity contribution in [2.24, 2.45) is 0 Å². The Kier molecular flexibility index (Phi) is 6.97. The van der Waals surface area contributed by atoms with Crippen LogP contribution in [0.4, 0.5) is 0 Å². The summed E-state index contributed by atoms with van der Waals surface area (Å²) in [6.45, 7) is 2.53. The molecule has 0 spiro atoms. The predicted molar refractivity (Wildman–Crippen MR) is 88.8 cm³/mol. The third-order valence-corrected chi connectivity index (χ3v) is 4.75. The van der Waals surface area contributed by atoms with E-state index in [0.29, 0.717) is 18.7 Å². The molecule has 1 fully saturated rings. The molecular weight excluding hydrogens is 284 g/mol. The van der Waals surface area contributed by atoms with Gasteiger partial charge in [-0.1, -0.05) is 30.2 Å². The van der Waals surface area contributed by atoms with Crippen molar-refractivity contribution in [2.45, 2.75) is 44.2 Å². The number of halogens is 1. The normalized spacial score (nSPS) is 21.4. The highest BCUT2D eigenvalue weighted by Crippen LogP contribution is 2.24. The largest absolute Gasteiger partial charge is 0.396 e. The van der Waals surface area contributed by atoms with Crippen molar-refractivity contribution in [3.63, 3.8) is 0 Å². The second kappa shape index (κ2) is 8.74. The standard InChI is InChI=1S/C17H27ClN2O/c1-19-17(14-5-4-6-15(18)13-14)8-11-20-10-3-2-7-16(20)9-12-21/h4-6,13,16-17,19,21H,2-3,7-12H2,1H3. The maximum Gasteiger partial charge on any atom is 0.0445 e. The summed E-state index contributed by atoms with van der Waals surface area (Å²) in [6.07, 6.45) is 5.77. The summed E-state index contributed by atoms with van der Waals surface area (Å²) in [5, 5.41) is 13.4. The van der Waals surface area contributed by atoms with Crippen molar-refractivity contribution in [1.82, 2.24) is 10.2 Å². The molecule has 0 aromatic heterocycles. The highest BCUT2D eigenvalue weighted by Gasteiger charge is 2.22. The Morgan fingerprint density at radius 3 is 3.00 bits per heavy atom. The minimum absolute atomic E-state index is 0.297. The first-order valence-electron chi connectivity index (χ1n) is 8.02. The van der Waals surface area contributed by atoms with Crippen LogP contribution in [-0.4, -0.2) is 42.8 Å². The van der Waals surface area contributed by atoms with Crippen molar-refractivity contribution >= 4 is 11.6 Å². The first-order valence-corrected chi connectivity index (χ1v) is 8.40. The van der Waals surface area contributed by atoms with Crippen LogP contribution in [0.3, 0.4) is 0 Å². The van der Waals surface area contributed by atoms with Crippen LogP contribution in [0.2, 0.25) is 5.02 Å². The Bertz CT molecular complexity index is 425. The molecular formula is C17H27ClN2O. The first kappa shape index (κ1) is 16.8. The van der Waals surface area contributed by atoms with Gasteiger partial charge in [0.05, 0.1) is 0 Å². The number of hydrogen-bond acceptors (Lipinski definition) is 3. The van der Waals surface area contributed by atoms with Crippen molar-refractivity contribution in [2.75, 3.05) is 26.7 Å². The number of benzene rings is 1. The van der Waals surface area contributed by atoms with Crippen LogP contribution in [0.25, 0.3) is 0 Å². The smallest absolute Gasteiger partial charge is 0.0445 e. The summed E-state index contributed by atoms with van der Waals surface area (Å²) in [7, 11) is 2.01. The average molecular weight is 311 g/mol. The number of rotatable bonds is 7. The molecule has 2 unspecified atom stereocenters. The van der Waals surface area contributed by atoms with Gasteiger partial charge in [0, 0.05) is 30.3 Å². The van der Waals surface area contributed by atoms with Crippen molar-refractivity contribution < 1.29 is 5.11 Å².